The predicted octanol–water partition coefficient (Wildman–Crippen LogP) is 6.50. The molecule has 0 saturated heterocycles. The Hall–Kier alpha value is -1.30. The maximum Gasteiger partial charge on any atom is -0.0224 e. The molecule has 1 aliphatic carbocycles. The van der Waals surface area contributed by atoms with E-state index >= 15 is 0 Å². The van der Waals surface area contributed by atoms with Crippen molar-refractivity contribution < 1.29 is 0 Å². The lowest BCUT2D eigenvalue weighted by Gasteiger charge is -2.11. The minimum atomic E-state index is 0. The Morgan fingerprint density at radius 1 is 0.889 bits per heavy atom. The Morgan fingerprint density at radius 3 is 1.89 bits per heavy atom. The van der Waals surface area contributed by atoms with Crippen molar-refractivity contribution in [1.29, 1.82) is 0 Å². The zero-order chi connectivity index (χ0) is 11.8. The third-order valence-corrected chi connectivity index (χ3v) is 2.50. The first-order chi connectivity index (χ1) is 7.77. The van der Waals surface area contributed by atoms with E-state index in [0.717, 1.165) is 0 Å². The van der Waals surface area contributed by atoms with E-state index in [1.807, 2.05) is 0 Å². The van der Waals surface area contributed by atoms with Gasteiger partial charge in [0.2, 0.25) is 0 Å². The van der Waals surface area contributed by atoms with Gasteiger partial charge in [-0.15, -0.1) is 0 Å². The third-order valence-electron chi connectivity index (χ3n) is 2.50. The maximum atomic E-state index is 2.24. The van der Waals surface area contributed by atoms with E-state index in [0.29, 0.717) is 0 Å². The lowest BCUT2D eigenvalue weighted by atomic mass is 9.94. The standard InChI is InChI=1S/C13H14.C3H8.2CH4/c1-11-7-9-13(10-8-11)12-5-3-2-4-6-12;1-3-2;;/h2-7,9H,8,10H2,1H3;3H2,1-2H3;2*1H4. The average molecular weight is 246 g/mol. The SMILES string of the molecule is C.C.CC1=CC=C(c2ccccc2)CC1.CCC. The molecule has 0 aliphatic heterocycles. The van der Waals surface area contributed by atoms with E-state index in [4.69, 9.17) is 0 Å². The van der Waals surface area contributed by atoms with Gasteiger partial charge in [-0.05, 0) is 30.9 Å². The van der Waals surface area contributed by atoms with Crippen molar-refractivity contribution in [3.8, 4) is 0 Å². The summed E-state index contributed by atoms with van der Waals surface area (Å²) < 4.78 is 0. The third kappa shape index (κ3) is 6.44. The van der Waals surface area contributed by atoms with Gasteiger partial charge in [-0.1, -0.05) is 83.2 Å². The van der Waals surface area contributed by atoms with Crippen LogP contribution in [0.1, 0.15) is 60.5 Å². The van der Waals surface area contributed by atoms with E-state index < -0.39 is 0 Å². The van der Waals surface area contributed by atoms with Gasteiger partial charge in [0.25, 0.3) is 0 Å². The highest BCUT2D eigenvalue weighted by atomic mass is 14.1. The molecule has 102 valence electrons. The molecule has 0 atom stereocenters. The molecule has 0 N–H and O–H groups in total. The summed E-state index contributed by atoms with van der Waals surface area (Å²) in [6.45, 7) is 6.44. The molecule has 0 fully saturated rings. The van der Waals surface area contributed by atoms with Crippen LogP contribution in [0.15, 0.2) is 48.1 Å². The molecule has 0 nitrogen and oxygen atoms in total. The first-order valence-corrected chi connectivity index (χ1v) is 6.19. The first kappa shape index (κ1) is 19.0. The number of hydrogen-bond donors (Lipinski definition) is 0. The first-order valence-electron chi connectivity index (χ1n) is 6.19. The largest absolute Gasteiger partial charge is 0.0776 e. The quantitative estimate of drug-likeness (QED) is 0.530. The monoisotopic (exact) mass is 246 g/mol. The van der Waals surface area contributed by atoms with Crippen molar-refractivity contribution in [3.05, 3.63) is 53.6 Å². The van der Waals surface area contributed by atoms with Gasteiger partial charge in [0.15, 0.2) is 0 Å². The fourth-order valence-corrected chi connectivity index (χ4v) is 1.63. The molecule has 2 rings (SSSR count). The van der Waals surface area contributed by atoms with Crippen molar-refractivity contribution in [1.82, 2.24) is 0 Å². The Bertz CT molecular complexity index is 355. The number of hydrogen-bond acceptors (Lipinski definition) is 0. The van der Waals surface area contributed by atoms with E-state index in [9.17, 15) is 0 Å². The molecular formula is C18H30. The summed E-state index contributed by atoms with van der Waals surface area (Å²) in [4.78, 5) is 0. The molecule has 0 heterocycles. The van der Waals surface area contributed by atoms with Crippen molar-refractivity contribution >= 4 is 5.57 Å². The number of benzene rings is 1. The molecule has 0 aromatic heterocycles. The van der Waals surface area contributed by atoms with Gasteiger partial charge in [0.1, 0.15) is 0 Å². The fraction of sp³-hybridized carbons (Fsp3) is 0.444. The van der Waals surface area contributed by atoms with Crippen LogP contribution in [0, 0.1) is 0 Å². The molecule has 0 amide bonds. The molecule has 18 heavy (non-hydrogen) atoms. The summed E-state index contributed by atoms with van der Waals surface area (Å²) in [6.07, 6.45) is 8.12. The van der Waals surface area contributed by atoms with Crippen LogP contribution in [0.2, 0.25) is 0 Å². The maximum absolute atomic E-state index is 2.24. The second kappa shape index (κ2) is 10.8. The second-order valence-corrected chi connectivity index (χ2v) is 4.28. The van der Waals surface area contributed by atoms with Crippen LogP contribution in [0.5, 0.6) is 0 Å². The highest BCUT2D eigenvalue weighted by Crippen LogP contribution is 2.25. The Morgan fingerprint density at radius 2 is 1.44 bits per heavy atom. The number of rotatable bonds is 1. The fourth-order valence-electron chi connectivity index (χ4n) is 1.63. The van der Waals surface area contributed by atoms with Gasteiger partial charge in [-0.2, -0.15) is 0 Å². The van der Waals surface area contributed by atoms with Crippen LogP contribution in [0.4, 0.5) is 0 Å². The van der Waals surface area contributed by atoms with Gasteiger partial charge < -0.3 is 0 Å². The van der Waals surface area contributed by atoms with Crippen molar-refractivity contribution in [2.24, 2.45) is 0 Å². The average Bonchev–Trinajstić information content (AvgIpc) is 2.32. The molecule has 0 spiro atoms. The summed E-state index contributed by atoms with van der Waals surface area (Å²) in [6, 6.07) is 10.6. The van der Waals surface area contributed by atoms with Crippen molar-refractivity contribution in [2.75, 3.05) is 0 Å². The summed E-state index contributed by atoms with van der Waals surface area (Å²) in [5.41, 5.74) is 4.32. The van der Waals surface area contributed by atoms with Gasteiger partial charge in [0, 0.05) is 0 Å². The predicted molar refractivity (Wildman–Crippen MR) is 86.8 cm³/mol. The molecule has 0 radical (unpaired) electrons. The molecule has 0 saturated carbocycles. The highest BCUT2D eigenvalue weighted by Gasteiger charge is 2.04. The molecule has 0 unspecified atom stereocenters. The van der Waals surface area contributed by atoms with E-state index in [1.165, 1.54) is 36.0 Å². The zero-order valence-corrected chi connectivity index (χ0v) is 10.7. The van der Waals surface area contributed by atoms with Gasteiger partial charge >= 0.3 is 0 Å². The summed E-state index contributed by atoms with van der Waals surface area (Å²) in [7, 11) is 0. The normalized spacial score (nSPS) is 12.8. The van der Waals surface area contributed by atoms with E-state index in [2.05, 4.69) is 63.3 Å². The molecule has 1 aromatic rings. The molecule has 1 aromatic carbocycles. The van der Waals surface area contributed by atoms with Gasteiger partial charge in [-0.3, -0.25) is 0 Å². The highest BCUT2D eigenvalue weighted by molar-refractivity contribution is 5.68. The Labute approximate surface area is 114 Å². The van der Waals surface area contributed by atoms with Crippen LogP contribution >= 0.6 is 0 Å². The minimum Gasteiger partial charge on any atom is -0.0776 e. The van der Waals surface area contributed by atoms with Crippen LogP contribution in [0.3, 0.4) is 0 Å². The molecule has 0 heteroatoms. The summed E-state index contributed by atoms with van der Waals surface area (Å²) in [5.74, 6) is 0. The smallest absolute Gasteiger partial charge is 0.0224 e. The van der Waals surface area contributed by atoms with Crippen LogP contribution in [-0.4, -0.2) is 0 Å². The van der Waals surface area contributed by atoms with Crippen molar-refractivity contribution in [2.45, 2.75) is 54.9 Å². The topological polar surface area (TPSA) is 0 Å². The molecule has 1 aliphatic rings. The Balaban J connectivity index is 0. The van der Waals surface area contributed by atoms with Crippen LogP contribution in [0.25, 0.3) is 5.57 Å². The summed E-state index contributed by atoms with van der Waals surface area (Å²) in [5, 5.41) is 0. The van der Waals surface area contributed by atoms with E-state index in [-0.39, 0.29) is 14.9 Å². The van der Waals surface area contributed by atoms with Gasteiger partial charge in [0.05, 0.1) is 0 Å². The number of allylic oxidation sites excluding steroid dienone is 4. The zero-order valence-electron chi connectivity index (χ0n) is 10.7. The molecular weight excluding hydrogens is 216 g/mol. The lowest BCUT2D eigenvalue weighted by Crippen LogP contribution is -1.90. The van der Waals surface area contributed by atoms with Gasteiger partial charge in [-0.25, -0.2) is 0 Å². The second-order valence-electron chi connectivity index (χ2n) is 4.28. The van der Waals surface area contributed by atoms with Crippen LogP contribution < -0.4 is 0 Å². The van der Waals surface area contributed by atoms with E-state index in [1.54, 1.807) is 0 Å². The minimum absolute atomic E-state index is 0. The Kier molecular flexibility index (Phi) is 11.5. The van der Waals surface area contributed by atoms with Crippen molar-refractivity contribution in [3.63, 3.8) is 0 Å². The summed E-state index contributed by atoms with van der Waals surface area (Å²) >= 11 is 0. The lowest BCUT2D eigenvalue weighted by molar-refractivity contribution is 0.977. The van der Waals surface area contributed by atoms with Crippen LogP contribution in [-0.2, 0) is 0 Å². The molecule has 0 bridgehead atoms.